The molecule has 0 aliphatic carbocycles. The Morgan fingerprint density at radius 3 is 2.67 bits per heavy atom. The van der Waals surface area contributed by atoms with Gasteiger partial charge in [-0.3, -0.25) is 18.9 Å². The molecule has 1 aromatic carbocycles. The van der Waals surface area contributed by atoms with Crippen LogP contribution in [0.3, 0.4) is 0 Å². The minimum atomic E-state index is -4.85. The normalized spacial score (nSPS) is 16.9. The van der Waals surface area contributed by atoms with Crippen molar-refractivity contribution in [1.29, 1.82) is 0 Å². The topological polar surface area (TPSA) is 164 Å². The van der Waals surface area contributed by atoms with Gasteiger partial charge >= 0.3 is 13.8 Å². The lowest BCUT2D eigenvalue weighted by Crippen LogP contribution is -2.24. The summed E-state index contributed by atoms with van der Waals surface area (Å²) in [4.78, 5) is 30.0. The van der Waals surface area contributed by atoms with Crippen LogP contribution in [0.4, 0.5) is 36.3 Å². The van der Waals surface area contributed by atoms with E-state index in [1.165, 1.54) is 32.5 Å². The number of rotatable bonds is 5. The predicted molar refractivity (Wildman–Crippen MR) is 160 cm³/mol. The standard InChI is InChI=1S/C28H30F3N8O6P/c1-4-44-46(41)16-17-6-7-21(23(12-17)42-2)36-27-32-14-19(28(29,30)31)25(37-27)35-22-9-8-20(34-24(22)26(40)38-43-3)18-13-33-39(15-18)10-5-11-45-46/h6-9,12-15H,4-5,10-11,16H2,1-3H3,(H,38,40)(H2,32,35,36,37)/t46-/m0/s1. The van der Waals surface area contributed by atoms with Gasteiger partial charge in [-0.25, -0.2) is 15.4 Å². The van der Waals surface area contributed by atoms with Gasteiger partial charge in [0, 0.05) is 24.5 Å². The average molecular weight is 663 g/mol. The molecule has 3 aromatic heterocycles. The number of anilines is 4. The Hall–Kier alpha value is -4.57. The van der Waals surface area contributed by atoms with Crippen LogP contribution in [0.2, 0.25) is 0 Å². The van der Waals surface area contributed by atoms with Gasteiger partial charge in [-0.2, -0.15) is 23.3 Å². The van der Waals surface area contributed by atoms with E-state index in [1.54, 1.807) is 36.0 Å². The molecule has 4 aromatic rings. The first-order valence-corrected chi connectivity index (χ1v) is 15.6. The number of hydrogen-bond donors (Lipinski definition) is 3. The van der Waals surface area contributed by atoms with E-state index < -0.39 is 31.1 Å². The molecule has 7 heterocycles. The van der Waals surface area contributed by atoms with Crippen molar-refractivity contribution in [2.24, 2.45) is 0 Å². The Kier molecular flexibility index (Phi) is 9.86. The minimum absolute atomic E-state index is 0.0471. The molecule has 3 N–H and O–H groups in total. The number of ether oxygens (including phenoxy) is 1. The van der Waals surface area contributed by atoms with Crippen LogP contribution in [0.15, 0.2) is 48.9 Å². The van der Waals surface area contributed by atoms with Crippen molar-refractivity contribution in [1.82, 2.24) is 30.2 Å². The molecule has 0 spiro atoms. The molecule has 46 heavy (non-hydrogen) atoms. The molecule has 0 unspecified atom stereocenters. The number of aryl methyl sites for hydroxylation is 1. The van der Waals surface area contributed by atoms with Gasteiger partial charge in [0.2, 0.25) is 5.95 Å². The van der Waals surface area contributed by atoms with E-state index >= 15 is 0 Å². The summed E-state index contributed by atoms with van der Waals surface area (Å²) in [5, 5.41) is 9.78. The van der Waals surface area contributed by atoms with Crippen LogP contribution in [0.25, 0.3) is 11.3 Å². The van der Waals surface area contributed by atoms with Crippen LogP contribution in [0, 0.1) is 0 Å². The Morgan fingerprint density at radius 1 is 1.13 bits per heavy atom. The van der Waals surface area contributed by atoms with E-state index in [0.29, 0.717) is 41.7 Å². The summed E-state index contributed by atoms with van der Waals surface area (Å²) in [7, 11) is -0.954. The second-order valence-corrected chi connectivity index (χ2v) is 11.9. The van der Waals surface area contributed by atoms with Crippen LogP contribution >= 0.6 is 7.60 Å². The van der Waals surface area contributed by atoms with E-state index in [9.17, 15) is 22.5 Å². The van der Waals surface area contributed by atoms with Crippen LogP contribution in [0.5, 0.6) is 5.75 Å². The number of alkyl halides is 3. The monoisotopic (exact) mass is 662 g/mol. The zero-order valence-corrected chi connectivity index (χ0v) is 25.8. The van der Waals surface area contributed by atoms with Gasteiger partial charge in [-0.05, 0) is 43.2 Å². The highest BCUT2D eigenvalue weighted by atomic mass is 31.2. The number of carbonyl (C=O) groups is 1. The SMILES string of the molecule is CCO[P@@]1(=O)Cc2ccc(c(OC)c2)Nc2ncc(C(F)(F)F)c(n2)Nc2ccc(nc2C(=O)NOC)-c2cnn(c2)CCCO1. The van der Waals surface area contributed by atoms with E-state index in [0.717, 1.165) is 0 Å². The number of pyridine rings is 1. The lowest BCUT2D eigenvalue weighted by Gasteiger charge is -2.19. The Bertz CT molecular complexity index is 1770. The smallest absolute Gasteiger partial charge is 0.421 e. The molecule has 4 aliphatic rings. The third kappa shape index (κ3) is 7.62. The second kappa shape index (κ2) is 13.8. The molecule has 14 nitrogen and oxygen atoms in total. The summed E-state index contributed by atoms with van der Waals surface area (Å²) >= 11 is 0. The van der Waals surface area contributed by atoms with Gasteiger partial charge in [0.1, 0.15) is 17.1 Å². The van der Waals surface area contributed by atoms with Crippen LogP contribution in [-0.4, -0.2) is 58.1 Å². The fourth-order valence-electron chi connectivity index (χ4n) is 4.56. The summed E-state index contributed by atoms with van der Waals surface area (Å²) in [6.45, 7) is 2.39. The summed E-state index contributed by atoms with van der Waals surface area (Å²) in [6.07, 6.45) is -0.637. The fourth-order valence-corrected chi connectivity index (χ4v) is 6.26. The molecular weight excluding hydrogens is 632 g/mol. The number of halogens is 3. The van der Waals surface area contributed by atoms with E-state index in [-0.39, 0.29) is 42.5 Å². The Balaban J connectivity index is 1.62. The summed E-state index contributed by atoms with van der Waals surface area (Å²) < 4.78 is 74.2. The third-order valence-electron chi connectivity index (χ3n) is 6.62. The van der Waals surface area contributed by atoms with Crippen molar-refractivity contribution < 1.29 is 41.2 Å². The molecule has 8 bridgehead atoms. The third-order valence-corrected chi connectivity index (χ3v) is 8.60. The Morgan fingerprint density at radius 2 is 1.93 bits per heavy atom. The first-order chi connectivity index (χ1) is 22.0. The zero-order valence-electron chi connectivity index (χ0n) is 24.9. The second-order valence-electron chi connectivity index (χ2n) is 9.83. The molecule has 0 radical (unpaired) electrons. The van der Waals surface area contributed by atoms with E-state index in [4.69, 9.17) is 18.6 Å². The highest BCUT2D eigenvalue weighted by Gasteiger charge is 2.36. The van der Waals surface area contributed by atoms with Gasteiger partial charge in [0.05, 0.1) is 56.9 Å². The van der Waals surface area contributed by atoms with Gasteiger partial charge < -0.3 is 24.4 Å². The quantitative estimate of drug-likeness (QED) is 0.177. The number of nitrogens with one attached hydrogen (secondary N) is 3. The molecule has 0 saturated carbocycles. The highest BCUT2D eigenvalue weighted by molar-refractivity contribution is 7.53. The van der Waals surface area contributed by atoms with Crippen molar-refractivity contribution in [2.75, 3.05) is 38.1 Å². The molecule has 0 saturated heterocycles. The largest absolute Gasteiger partial charge is 0.495 e. The molecule has 18 heteroatoms. The van der Waals surface area contributed by atoms with Gasteiger partial charge in [0.15, 0.2) is 5.69 Å². The number of methoxy groups -OCH3 is 1. The van der Waals surface area contributed by atoms with Gasteiger partial charge in [0.25, 0.3) is 5.91 Å². The highest BCUT2D eigenvalue weighted by Crippen LogP contribution is 2.52. The summed E-state index contributed by atoms with van der Waals surface area (Å²) in [5.41, 5.74) is 2.33. The maximum Gasteiger partial charge on any atom is 0.421 e. The fraction of sp³-hybridized carbons (Fsp3) is 0.321. The number of carbonyl (C=O) groups excluding carboxylic acids is 1. The predicted octanol–water partition coefficient (Wildman–Crippen LogP) is 5.69. The minimum Gasteiger partial charge on any atom is -0.495 e. The molecule has 1 atom stereocenters. The molecule has 0 fully saturated rings. The van der Waals surface area contributed by atoms with Gasteiger partial charge in [-0.15, -0.1) is 0 Å². The molecule has 4 aliphatic heterocycles. The lowest BCUT2D eigenvalue weighted by molar-refractivity contribution is -0.137. The molecular formula is C28H30F3N8O6P. The summed E-state index contributed by atoms with van der Waals surface area (Å²) in [5.74, 6) is -1.41. The van der Waals surface area contributed by atoms with Crippen molar-refractivity contribution in [2.45, 2.75) is 32.2 Å². The molecule has 1 amide bonds. The van der Waals surface area contributed by atoms with Crippen LogP contribution in [0.1, 0.15) is 35.0 Å². The van der Waals surface area contributed by atoms with Crippen molar-refractivity contribution in [3.63, 3.8) is 0 Å². The summed E-state index contributed by atoms with van der Waals surface area (Å²) in [6, 6.07) is 7.74. The number of benzene rings is 1. The van der Waals surface area contributed by atoms with E-state index in [2.05, 4.69) is 36.2 Å². The van der Waals surface area contributed by atoms with Crippen molar-refractivity contribution in [3.05, 3.63) is 65.7 Å². The van der Waals surface area contributed by atoms with Crippen LogP contribution < -0.4 is 20.9 Å². The first-order valence-electron chi connectivity index (χ1n) is 13.9. The zero-order chi connectivity index (χ0) is 32.9. The average Bonchev–Trinajstić information content (AvgIpc) is 3.49. The van der Waals surface area contributed by atoms with Crippen molar-refractivity contribution >= 4 is 36.6 Å². The number of aromatic nitrogens is 5. The van der Waals surface area contributed by atoms with Crippen molar-refractivity contribution in [3.8, 4) is 17.0 Å². The first kappa shape index (κ1) is 32.8. The number of nitrogens with zero attached hydrogens (tertiary/aromatic N) is 5. The maximum absolute atomic E-state index is 14.1. The Labute approximate surface area is 261 Å². The molecule has 244 valence electrons. The maximum atomic E-state index is 14.1. The number of amides is 1. The van der Waals surface area contributed by atoms with Gasteiger partial charge in [-0.1, -0.05) is 6.07 Å². The lowest BCUT2D eigenvalue weighted by atomic mass is 10.2. The van der Waals surface area contributed by atoms with Crippen LogP contribution in [-0.2, 0) is 37.3 Å². The molecule has 8 rings (SSSR count). The number of hydroxylamine groups is 1. The number of hydrogen-bond acceptors (Lipinski definition) is 12. The van der Waals surface area contributed by atoms with E-state index in [1.807, 2.05) is 0 Å².